The van der Waals surface area contributed by atoms with E-state index in [1.54, 1.807) is 19.9 Å². The number of hydrogen-bond donors (Lipinski definition) is 1. The molecule has 2 N–H and O–H groups in total. The molecule has 0 aliphatic carbocycles. The zero-order valence-corrected chi connectivity index (χ0v) is 10.6. The fourth-order valence-corrected chi connectivity index (χ4v) is 1.51. The molecule has 96 valence electrons. The first-order chi connectivity index (χ1) is 8.06. The summed E-state index contributed by atoms with van der Waals surface area (Å²) in [4.78, 5) is 0. The third-order valence-electron chi connectivity index (χ3n) is 2.47. The average molecular weight is 241 g/mol. The van der Waals surface area contributed by atoms with Gasteiger partial charge >= 0.3 is 0 Å². The number of ether oxygens (including phenoxy) is 2. The van der Waals surface area contributed by atoms with Crippen LogP contribution in [0.15, 0.2) is 12.1 Å². The molecule has 0 aromatic heterocycles. The van der Waals surface area contributed by atoms with Gasteiger partial charge < -0.3 is 15.2 Å². The van der Waals surface area contributed by atoms with E-state index in [1.165, 1.54) is 6.07 Å². The van der Waals surface area contributed by atoms with Crippen molar-refractivity contribution in [2.24, 2.45) is 5.73 Å². The van der Waals surface area contributed by atoms with Gasteiger partial charge in [0, 0.05) is 18.2 Å². The van der Waals surface area contributed by atoms with Crippen LogP contribution in [0.4, 0.5) is 4.39 Å². The third-order valence-corrected chi connectivity index (χ3v) is 2.47. The SMILES string of the molecule is CCOCCOc1cc(C)c(F)cc1[C@H](C)N. The van der Waals surface area contributed by atoms with Crippen molar-refractivity contribution in [2.45, 2.75) is 26.8 Å². The maximum atomic E-state index is 13.4. The topological polar surface area (TPSA) is 44.5 Å². The first-order valence-corrected chi connectivity index (χ1v) is 5.82. The molecule has 3 nitrogen and oxygen atoms in total. The molecule has 0 heterocycles. The minimum Gasteiger partial charge on any atom is -0.491 e. The zero-order chi connectivity index (χ0) is 12.8. The van der Waals surface area contributed by atoms with Crippen LogP contribution in [0.3, 0.4) is 0 Å². The van der Waals surface area contributed by atoms with Crippen LogP contribution in [-0.4, -0.2) is 19.8 Å². The summed E-state index contributed by atoms with van der Waals surface area (Å²) in [5.41, 5.74) is 7.03. The molecule has 0 aliphatic heterocycles. The monoisotopic (exact) mass is 241 g/mol. The van der Waals surface area contributed by atoms with Gasteiger partial charge in [-0.15, -0.1) is 0 Å². The molecular weight excluding hydrogens is 221 g/mol. The summed E-state index contributed by atoms with van der Waals surface area (Å²) in [6, 6.07) is 2.86. The summed E-state index contributed by atoms with van der Waals surface area (Å²) in [5.74, 6) is 0.382. The first-order valence-electron chi connectivity index (χ1n) is 5.82. The molecule has 0 radical (unpaired) electrons. The fourth-order valence-electron chi connectivity index (χ4n) is 1.51. The van der Waals surface area contributed by atoms with Crippen LogP contribution in [-0.2, 0) is 4.74 Å². The summed E-state index contributed by atoms with van der Waals surface area (Å²) in [6.07, 6.45) is 0. The van der Waals surface area contributed by atoms with Crippen LogP contribution >= 0.6 is 0 Å². The Morgan fingerprint density at radius 3 is 2.65 bits per heavy atom. The van der Waals surface area contributed by atoms with E-state index < -0.39 is 0 Å². The predicted molar refractivity (Wildman–Crippen MR) is 65.7 cm³/mol. The van der Waals surface area contributed by atoms with Gasteiger partial charge in [0.05, 0.1) is 6.61 Å². The molecule has 1 aromatic rings. The molecule has 0 bridgehead atoms. The minimum absolute atomic E-state index is 0.255. The van der Waals surface area contributed by atoms with Gasteiger partial charge in [0.1, 0.15) is 18.2 Å². The molecule has 0 fully saturated rings. The normalized spacial score (nSPS) is 12.5. The molecule has 0 amide bonds. The van der Waals surface area contributed by atoms with Crippen molar-refractivity contribution in [1.29, 1.82) is 0 Å². The molecule has 1 atom stereocenters. The second-order valence-corrected chi connectivity index (χ2v) is 3.97. The Hall–Kier alpha value is -1.13. The number of nitrogens with two attached hydrogens (primary N) is 1. The Labute approximate surface area is 102 Å². The summed E-state index contributed by atoms with van der Waals surface area (Å²) < 4.78 is 24.2. The van der Waals surface area contributed by atoms with E-state index in [0.717, 1.165) is 0 Å². The molecule has 1 rings (SSSR count). The second kappa shape index (κ2) is 6.57. The molecule has 17 heavy (non-hydrogen) atoms. The Morgan fingerprint density at radius 1 is 1.35 bits per heavy atom. The zero-order valence-electron chi connectivity index (χ0n) is 10.6. The number of rotatable bonds is 6. The highest BCUT2D eigenvalue weighted by Crippen LogP contribution is 2.27. The largest absolute Gasteiger partial charge is 0.491 e. The molecule has 0 spiro atoms. The van der Waals surface area contributed by atoms with E-state index in [9.17, 15) is 4.39 Å². The summed E-state index contributed by atoms with van der Waals surface area (Å²) in [5, 5.41) is 0. The Morgan fingerprint density at radius 2 is 2.06 bits per heavy atom. The van der Waals surface area contributed by atoms with E-state index in [4.69, 9.17) is 15.2 Å². The van der Waals surface area contributed by atoms with Crippen LogP contribution < -0.4 is 10.5 Å². The lowest BCUT2D eigenvalue weighted by Crippen LogP contribution is -2.12. The highest BCUT2D eigenvalue weighted by molar-refractivity contribution is 5.39. The molecule has 0 saturated heterocycles. The molecule has 4 heteroatoms. The second-order valence-electron chi connectivity index (χ2n) is 3.97. The third kappa shape index (κ3) is 3.98. The lowest BCUT2D eigenvalue weighted by molar-refractivity contribution is 0.109. The van der Waals surface area contributed by atoms with Crippen molar-refractivity contribution in [3.63, 3.8) is 0 Å². The molecule has 0 aliphatic rings. The van der Waals surface area contributed by atoms with Crippen LogP contribution in [0.5, 0.6) is 5.75 Å². The molecular formula is C13H20FNO2. The van der Waals surface area contributed by atoms with Crippen LogP contribution in [0.25, 0.3) is 0 Å². The summed E-state index contributed by atoms with van der Waals surface area (Å²) >= 11 is 0. The molecule has 0 unspecified atom stereocenters. The highest BCUT2D eigenvalue weighted by Gasteiger charge is 2.11. The first kappa shape index (κ1) is 13.9. The van der Waals surface area contributed by atoms with E-state index in [2.05, 4.69) is 0 Å². The lowest BCUT2D eigenvalue weighted by atomic mass is 10.1. The number of halogens is 1. The minimum atomic E-state index is -0.257. The van der Waals surface area contributed by atoms with Crippen LogP contribution in [0.1, 0.15) is 31.0 Å². The quantitative estimate of drug-likeness (QED) is 0.778. The number of benzene rings is 1. The Balaban J connectivity index is 2.78. The van der Waals surface area contributed by atoms with Gasteiger partial charge in [0.25, 0.3) is 0 Å². The van der Waals surface area contributed by atoms with Gasteiger partial charge in [0.2, 0.25) is 0 Å². The van der Waals surface area contributed by atoms with Gasteiger partial charge in [-0.25, -0.2) is 4.39 Å². The van der Waals surface area contributed by atoms with Crippen molar-refractivity contribution >= 4 is 0 Å². The molecule has 1 aromatic carbocycles. The van der Waals surface area contributed by atoms with E-state index in [0.29, 0.717) is 36.7 Å². The lowest BCUT2D eigenvalue weighted by Gasteiger charge is -2.15. The summed E-state index contributed by atoms with van der Waals surface area (Å²) in [6.45, 7) is 7.06. The van der Waals surface area contributed by atoms with Crippen molar-refractivity contribution in [3.05, 3.63) is 29.1 Å². The maximum Gasteiger partial charge on any atom is 0.126 e. The Kier molecular flexibility index (Phi) is 5.38. The summed E-state index contributed by atoms with van der Waals surface area (Å²) in [7, 11) is 0. The Bertz CT molecular complexity index is 367. The van der Waals surface area contributed by atoms with Gasteiger partial charge in [0.15, 0.2) is 0 Å². The molecule has 0 saturated carbocycles. The van der Waals surface area contributed by atoms with Gasteiger partial charge in [-0.1, -0.05) is 0 Å². The maximum absolute atomic E-state index is 13.4. The van der Waals surface area contributed by atoms with E-state index in [-0.39, 0.29) is 11.9 Å². The van der Waals surface area contributed by atoms with E-state index >= 15 is 0 Å². The van der Waals surface area contributed by atoms with Crippen LogP contribution in [0, 0.1) is 12.7 Å². The number of hydrogen-bond acceptors (Lipinski definition) is 3. The van der Waals surface area contributed by atoms with Crippen molar-refractivity contribution < 1.29 is 13.9 Å². The van der Waals surface area contributed by atoms with Gasteiger partial charge in [-0.2, -0.15) is 0 Å². The number of aryl methyl sites for hydroxylation is 1. The smallest absolute Gasteiger partial charge is 0.126 e. The van der Waals surface area contributed by atoms with Gasteiger partial charge in [-0.05, 0) is 38.5 Å². The van der Waals surface area contributed by atoms with Crippen molar-refractivity contribution in [2.75, 3.05) is 19.8 Å². The van der Waals surface area contributed by atoms with Crippen molar-refractivity contribution in [3.8, 4) is 5.75 Å². The van der Waals surface area contributed by atoms with Gasteiger partial charge in [-0.3, -0.25) is 0 Å². The predicted octanol–water partition coefficient (Wildman–Crippen LogP) is 2.57. The van der Waals surface area contributed by atoms with Crippen molar-refractivity contribution in [1.82, 2.24) is 0 Å². The average Bonchev–Trinajstić information content (AvgIpc) is 2.28. The van der Waals surface area contributed by atoms with Crippen LogP contribution in [0.2, 0.25) is 0 Å². The van der Waals surface area contributed by atoms with E-state index in [1.807, 2.05) is 6.92 Å². The fraction of sp³-hybridized carbons (Fsp3) is 0.538. The standard InChI is InChI=1S/C13H20FNO2/c1-4-16-5-6-17-13-7-9(2)12(14)8-11(13)10(3)15/h7-8,10H,4-6,15H2,1-3H3/t10-/m0/s1. The highest BCUT2D eigenvalue weighted by atomic mass is 19.1.